The second-order valence-corrected chi connectivity index (χ2v) is 3.69. The zero-order valence-corrected chi connectivity index (χ0v) is 8.41. The van der Waals surface area contributed by atoms with E-state index in [1.54, 1.807) is 6.92 Å². The minimum Gasteiger partial charge on any atom is -0.478 e. The van der Waals surface area contributed by atoms with Gasteiger partial charge in [-0.05, 0) is 25.7 Å². The van der Waals surface area contributed by atoms with Gasteiger partial charge in [0.05, 0.1) is 0 Å². The van der Waals surface area contributed by atoms with E-state index in [-0.39, 0.29) is 6.42 Å². The van der Waals surface area contributed by atoms with E-state index in [2.05, 4.69) is 0 Å². The molecule has 0 aliphatic heterocycles. The molecule has 0 aromatic heterocycles. The third kappa shape index (κ3) is 2.25. The van der Waals surface area contributed by atoms with Crippen molar-refractivity contribution in [3.05, 3.63) is 0 Å². The number of carbonyl (C=O) groups is 2. The lowest BCUT2D eigenvalue weighted by atomic mass is 9.84. The van der Waals surface area contributed by atoms with Gasteiger partial charge in [0.25, 0.3) is 0 Å². The van der Waals surface area contributed by atoms with E-state index in [9.17, 15) is 9.59 Å². The Morgan fingerprint density at radius 2 is 1.86 bits per heavy atom. The molecule has 14 heavy (non-hydrogen) atoms. The lowest BCUT2D eigenvalue weighted by Crippen LogP contribution is -2.44. The van der Waals surface area contributed by atoms with Crippen molar-refractivity contribution in [3.8, 4) is 0 Å². The maximum absolute atomic E-state index is 11.1. The highest BCUT2D eigenvalue weighted by Crippen LogP contribution is 2.32. The van der Waals surface area contributed by atoms with Gasteiger partial charge in [0.2, 0.25) is 5.60 Å². The van der Waals surface area contributed by atoms with Crippen LogP contribution in [0, 0.1) is 0 Å². The zero-order valence-electron chi connectivity index (χ0n) is 8.41. The quantitative estimate of drug-likeness (QED) is 0.704. The fourth-order valence-corrected chi connectivity index (χ4v) is 1.77. The first-order valence-corrected chi connectivity index (χ1v) is 5.06. The van der Waals surface area contributed by atoms with Crippen LogP contribution in [-0.2, 0) is 14.3 Å². The molecule has 0 spiro atoms. The van der Waals surface area contributed by atoms with Crippen molar-refractivity contribution < 1.29 is 19.4 Å². The first kappa shape index (κ1) is 11.0. The molecule has 80 valence electrons. The molecular weight excluding hydrogens is 184 g/mol. The van der Waals surface area contributed by atoms with Crippen LogP contribution in [0.25, 0.3) is 0 Å². The largest absolute Gasteiger partial charge is 0.478 e. The van der Waals surface area contributed by atoms with E-state index in [0.29, 0.717) is 12.8 Å². The second-order valence-electron chi connectivity index (χ2n) is 3.69. The van der Waals surface area contributed by atoms with Gasteiger partial charge in [-0.15, -0.1) is 0 Å². The van der Waals surface area contributed by atoms with E-state index >= 15 is 0 Å². The van der Waals surface area contributed by atoms with Crippen molar-refractivity contribution in [2.24, 2.45) is 0 Å². The third-order valence-corrected chi connectivity index (χ3v) is 2.65. The van der Waals surface area contributed by atoms with Gasteiger partial charge >= 0.3 is 11.9 Å². The van der Waals surface area contributed by atoms with Crippen LogP contribution in [0.3, 0.4) is 0 Å². The topological polar surface area (TPSA) is 63.6 Å². The summed E-state index contributed by atoms with van der Waals surface area (Å²) in [5.74, 6) is -1.42. The maximum atomic E-state index is 11.1. The van der Waals surface area contributed by atoms with Gasteiger partial charge in [0.15, 0.2) is 0 Å². The Morgan fingerprint density at radius 3 is 2.29 bits per heavy atom. The van der Waals surface area contributed by atoms with E-state index in [4.69, 9.17) is 9.84 Å². The number of carboxylic acids is 1. The Labute approximate surface area is 83.2 Å². The van der Waals surface area contributed by atoms with Crippen molar-refractivity contribution in [1.29, 1.82) is 0 Å². The number of aliphatic carboxylic acids is 1. The monoisotopic (exact) mass is 200 g/mol. The standard InChI is InChI=1S/C10H16O4/c1-2-8(11)14-10(9(12)13)6-4-3-5-7-10/h2-7H2,1H3,(H,12,13). The van der Waals surface area contributed by atoms with Crippen LogP contribution < -0.4 is 0 Å². The summed E-state index contributed by atoms with van der Waals surface area (Å²) in [5.41, 5.74) is -1.23. The summed E-state index contributed by atoms with van der Waals surface area (Å²) in [6.07, 6.45) is 3.81. The lowest BCUT2D eigenvalue weighted by molar-refractivity contribution is -0.182. The van der Waals surface area contributed by atoms with Crippen LogP contribution in [0.4, 0.5) is 0 Å². The highest BCUT2D eigenvalue weighted by molar-refractivity contribution is 5.82. The molecule has 1 rings (SSSR count). The molecule has 0 aromatic rings. The van der Waals surface area contributed by atoms with Crippen LogP contribution in [0.15, 0.2) is 0 Å². The molecule has 4 heteroatoms. The van der Waals surface area contributed by atoms with E-state index in [0.717, 1.165) is 19.3 Å². The Bertz CT molecular complexity index is 228. The van der Waals surface area contributed by atoms with Gasteiger partial charge in [0.1, 0.15) is 0 Å². The van der Waals surface area contributed by atoms with Crippen LogP contribution >= 0.6 is 0 Å². The van der Waals surface area contributed by atoms with Crippen LogP contribution in [0.5, 0.6) is 0 Å². The third-order valence-electron chi connectivity index (χ3n) is 2.65. The van der Waals surface area contributed by atoms with Gasteiger partial charge in [-0.3, -0.25) is 4.79 Å². The number of ether oxygens (including phenoxy) is 1. The average Bonchev–Trinajstić information content (AvgIpc) is 2.19. The average molecular weight is 200 g/mol. The van der Waals surface area contributed by atoms with Crippen LogP contribution in [-0.4, -0.2) is 22.6 Å². The van der Waals surface area contributed by atoms with Gasteiger partial charge in [-0.25, -0.2) is 4.79 Å². The molecule has 0 unspecified atom stereocenters. The molecular formula is C10H16O4. The van der Waals surface area contributed by atoms with E-state index in [1.807, 2.05) is 0 Å². The summed E-state index contributed by atoms with van der Waals surface area (Å²) in [5, 5.41) is 9.06. The van der Waals surface area contributed by atoms with Crippen molar-refractivity contribution in [3.63, 3.8) is 0 Å². The molecule has 1 saturated carbocycles. The smallest absolute Gasteiger partial charge is 0.348 e. The Kier molecular flexibility index (Phi) is 3.49. The predicted octanol–water partition coefficient (Wildman–Crippen LogP) is 1.73. The molecule has 0 aromatic carbocycles. The molecule has 1 fully saturated rings. The van der Waals surface area contributed by atoms with E-state index in [1.165, 1.54) is 0 Å². The number of rotatable bonds is 3. The highest BCUT2D eigenvalue weighted by atomic mass is 16.6. The van der Waals surface area contributed by atoms with Gasteiger partial charge in [0, 0.05) is 6.42 Å². The minimum atomic E-state index is -1.23. The van der Waals surface area contributed by atoms with Crippen molar-refractivity contribution in [1.82, 2.24) is 0 Å². The SMILES string of the molecule is CCC(=O)OC1(C(=O)O)CCCCC1. The maximum Gasteiger partial charge on any atom is 0.348 e. The second kappa shape index (κ2) is 4.44. The molecule has 0 saturated heterocycles. The fraction of sp³-hybridized carbons (Fsp3) is 0.800. The van der Waals surface area contributed by atoms with Crippen LogP contribution in [0.1, 0.15) is 45.4 Å². The number of hydrogen-bond acceptors (Lipinski definition) is 3. The van der Waals surface area contributed by atoms with Gasteiger partial charge < -0.3 is 9.84 Å². The Hall–Kier alpha value is -1.06. The van der Waals surface area contributed by atoms with Crippen molar-refractivity contribution >= 4 is 11.9 Å². The molecule has 0 bridgehead atoms. The molecule has 0 radical (unpaired) electrons. The number of esters is 1. The summed E-state index contributed by atoms with van der Waals surface area (Å²) >= 11 is 0. The molecule has 1 aliphatic carbocycles. The minimum absolute atomic E-state index is 0.231. The van der Waals surface area contributed by atoms with Gasteiger partial charge in [-0.2, -0.15) is 0 Å². The fourth-order valence-electron chi connectivity index (χ4n) is 1.77. The molecule has 1 aliphatic rings. The Balaban J connectivity index is 2.70. The molecule has 0 heterocycles. The zero-order chi connectivity index (χ0) is 10.6. The highest BCUT2D eigenvalue weighted by Gasteiger charge is 2.43. The molecule has 1 N–H and O–H groups in total. The summed E-state index contributed by atoms with van der Waals surface area (Å²) < 4.78 is 5.05. The summed E-state index contributed by atoms with van der Waals surface area (Å²) in [7, 11) is 0. The van der Waals surface area contributed by atoms with Crippen LogP contribution in [0.2, 0.25) is 0 Å². The van der Waals surface area contributed by atoms with Gasteiger partial charge in [-0.1, -0.05) is 13.3 Å². The van der Waals surface area contributed by atoms with Crippen molar-refractivity contribution in [2.75, 3.05) is 0 Å². The molecule has 0 amide bonds. The molecule has 0 atom stereocenters. The first-order valence-electron chi connectivity index (χ1n) is 5.06. The Morgan fingerprint density at radius 1 is 1.29 bits per heavy atom. The number of carbonyl (C=O) groups excluding carboxylic acids is 1. The summed E-state index contributed by atoms with van der Waals surface area (Å²) in [4.78, 5) is 22.2. The normalized spacial score (nSPS) is 20.1. The first-order chi connectivity index (χ1) is 6.60. The summed E-state index contributed by atoms with van der Waals surface area (Å²) in [6.45, 7) is 1.67. The van der Waals surface area contributed by atoms with Crippen molar-refractivity contribution in [2.45, 2.75) is 51.0 Å². The van der Waals surface area contributed by atoms with E-state index < -0.39 is 17.5 Å². The number of hydrogen-bond donors (Lipinski definition) is 1. The lowest BCUT2D eigenvalue weighted by Gasteiger charge is -2.32. The predicted molar refractivity (Wildman–Crippen MR) is 49.8 cm³/mol. The number of carboxylic acid groups (broad SMARTS) is 1. The molecule has 4 nitrogen and oxygen atoms in total. The summed E-state index contributed by atoms with van der Waals surface area (Å²) in [6, 6.07) is 0.